The molecule has 1 unspecified atom stereocenters. The molecule has 3 fully saturated rings. The van der Waals surface area contributed by atoms with Crippen LogP contribution in [0.25, 0.3) is 0 Å². The van der Waals surface area contributed by atoms with E-state index in [1.165, 1.54) is 0 Å². The fourth-order valence-electron chi connectivity index (χ4n) is 3.67. The lowest BCUT2D eigenvalue weighted by atomic mass is 10.0. The molecule has 0 aliphatic carbocycles. The van der Waals surface area contributed by atoms with Crippen molar-refractivity contribution < 1.29 is 14.3 Å². The average Bonchev–Trinajstić information content (AvgIpc) is 2.89. The first-order chi connectivity index (χ1) is 11.6. The third-order valence-corrected chi connectivity index (χ3v) is 5.11. The van der Waals surface area contributed by atoms with Crippen LogP contribution in [-0.4, -0.2) is 83.4 Å². The minimum atomic E-state index is -0.190. The summed E-state index contributed by atoms with van der Waals surface area (Å²) in [4.78, 5) is 34.6. The topological polar surface area (TPSA) is 66.0 Å². The third kappa shape index (κ3) is 2.84. The standard InChI is InChI=1S/C17H22N4O3/c1-19-8-13(9-19)21-7-12(6-16(21)22)17(23)20-10-15(11-20)24-14-2-4-18-5-3-14/h2-5,12-13,15H,6-11H2,1H3. The molecule has 3 aliphatic heterocycles. The highest BCUT2D eigenvalue weighted by Gasteiger charge is 2.44. The van der Waals surface area contributed by atoms with E-state index in [2.05, 4.69) is 9.88 Å². The third-order valence-electron chi connectivity index (χ3n) is 5.11. The van der Waals surface area contributed by atoms with Crippen molar-refractivity contribution in [3.05, 3.63) is 24.5 Å². The van der Waals surface area contributed by atoms with Gasteiger partial charge in [-0.1, -0.05) is 0 Å². The summed E-state index contributed by atoms with van der Waals surface area (Å²) in [6.07, 6.45) is 3.76. The highest BCUT2D eigenvalue weighted by Crippen LogP contribution is 2.27. The van der Waals surface area contributed by atoms with Crippen LogP contribution >= 0.6 is 0 Å². The lowest BCUT2D eigenvalue weighted by molar-refractivity contribution is -0.144. The Kier molecular flexibility index (Phi) is 3.88. The van der Waals surface area contributed by atoms with Crippen LogP contribution in [0, 0.1) is 5.92 Å². The van der Waals surface area contributed by atoms with Gasteiger partial charge in [-0.2, -0.15) is 0 Å². The van der Waals surface area contributed by atoms with Gasteiger partial charge in [0.15, 0.2) is 0 Å². The number of carbonyl (C=O) groups is 2. The van der Waals surface area contributed by atoms with Gasteiger partial charge in [0.05, 0.1) is 25.0 Å². The molecule has 7 nitrogen and oxygen atoms in total. The predicted octanol–water partition coefficient (Wildman–Crippen LogP) is -0.166. The maximum Gasteiger partial charge on any atom is 0.228 e. The Bertz CT molecular complexity index is 626. The van der Waals surface area contributed by atoms with E-state index in [1.807, 2.05) is 24.1 Å². The summed E-state index contributed by atoms with van der Waals surface area (Å²) in [5, 5.41) is 0. The number of hydrogen-bond donors (Lipinski definition) is 0. The van der Waals surface area contributed by atoms with Gasteiger partial charge in [-0.25, -0.2) is 0 Å². The number of aromatic nitrogens is 1. The Labute approximate surface area is 141 Å². The zero-order chi connectivity index (χ0) is 16.7. The fraction of sp³-hybridized carbons (Fsp3) is 0.588. The Hall–Kier alpha value is -2.15. The van der Waals surface area contributed by atoms with E-state index in [-0.39, 0.29) is 23.8 Å². The van der Waals surface area contributed by atoms with Gasteiger partial charge in [0.2, 0.25) is 11.8 Å². The molecule has 0 radical (unpaired) electrons. The molecular weight excluding hydrogens is 308 g/mol. The van der Waals surface area contributed by atoms with E-state index >= 15 is 0 Å². The number of carbonyl (C=O) groups excluding carboxylic acids is 2. The van der Waals surface area contributed by atoms with Crippen molar-refractivity contribution in [2.45, 2.75) is 18.6 Å². The van der Waals surface area contributed by atoms with Crippen LogP contribution in [0.4, 0.5) is 0 Å². The van der Waals surface area contributed by atoms with Crippen molar-refractivity contribution in [1.29, 1.82) is 0 Å². The lowest BCUT2D eigenvalue weighted by Gasteiger charge is -2.42. The molecule has 4 rings (SSSR count). The van der Waals surface area contributed by atoms with Crippen LogP contribution in [0.3, 0.4) is 0 Å². The molecule has 4 heterocycles. The minimum absolute atomic E-state index is 0.0323. The van der Waals surface area contributed by atoms with Crippen LogP contribution < -0.4 is 4.74 Å². The maximum absolute atomic E-state index is 12.6. The molecule has 1 aromatic heterocycles. The van der Waals surface area contributed by atoms with Gasteiger partial charge in [0.25, 0.3) is 0 Å². The van der Waals surface area contributed by atoms with Crippen molar-refractivity contribution in [3.63, 3.8) is 0 Å². The fourth-order valence-corrected chi connectivity index (χ4v) is 3.67. The number of likely N-dealkylation sites (tertiary alicyclic amines) is 3. The molecule has 0 spiro atoms. The Morgan fingerprint density at radius 1 is 1.17 bits per heavy atom. The quantitative estimate of drug-likeness (QED) is 0.767. The number of rotatable bonds is 4. The van der Waals surface area contributed by atoms with Gasteiger partial charge in [0, 0.05) is 38.4 Å². The van der Waals surface area contributed by atoms with Gasteiger partial charge in [-0.05, 0) is 19.2 Å². The molecule has 128 valence electrons. The number of pyridine rings is 1. The zero-order valence-corrected chi connectivity index (χ0v) is 13.8. The molecule has 3 aliphatic rings. The molecule has 3 saturated heterocycles. The maximum atomic E-state index is 12.6. The van der Waals surface area contributed by atoms with Crippen LogP contribution in [0.1, 0.15) is 6.42 Å². The number of ether oxygens (including phenoxy) is 1. The largest absolute Gasteiger partial charge is 0.487 e. The first-order valence-electron chi connectivity index (χ1n) is 8.43. The molecule has 0 bridgehead atoms. The number of amides is 2. The van der Waals surface area contributed by atoms with E-state index in [0.29, 0.717) is 32.1 Å². The van der Waals surface area contributed by atoms with Gasteiger partial charge in [-0.3, -0.25) is 14.6 Å². The van der Waals surface area contributed by atoms with Crippen LogP contribution in [0.2, 0.25) is 0 Å². The summed E-state index contributed by atoms with van der Waals surface area (Å²) in [6.45, 7) is 3.59. The van der Waals surface area contributed by atoms with Gasteiger partial charge in [0.1, 0.15) is 11.9 Å². The van der Waals surface area contributed by atoms with E-state index in [0.717, 1.165) is 18.8 Å². The predicted molar refractivity (Wildman–Crippen MR) is 86.3 cm³/mol. The second-order valence-electron chi connectivity index (χ2n) is 6.99. The van der Waals surface area contributed by atoms with Crippen molar-refractivity contribution >= 4 is 11.8 Å². The lowest BCUT2D eigenvalue weighted by Crippen LogP contribution is -2.59. The second kappa shape index (κ2) is 6.05. The smallest absolute Gasteiger partial charge is 0.228 e. The SMILES string of the molecule is CN1CC(N2CC(C(=O)N3CC(Oc4ccncc4)C3)CC2=O)C1. The molecule has 0 aromatic carbocycles. The van der Waals surface area contributed by atoms with E-state index < -0.39 is 0 Å². The first-order valence-corrected chi connectivity index (χ1v) is 8.43. The summed E-state index contributed by atoms with van der Waals surface area (Å²) in [7, 11) is 2.04. The second-order valence-corrected chi connectivity index (χ2v) is 6.99. The summed E-state index contributed by atoms with van der Waals surface area (Å²) >= 11 is 0. The average molecular weight is 330 g/mol. The van der Waals surface area contributed by atoms with Gasteiger partial charge >= 0.3 is 0 Å². The van der Waals surface area contributed by atoms with Crippen LogP contribution in [0.15, 0.2) is 24.5 Å². The van der Waals surface area contributed by atoms with Crippen LogP contribution in [-0.2, 0) is 9.59 Å². The summed E-state index contributed by atoms with van der Waals surface area (Å²) in [5.74, 6) is 0.799. The minimum Gasteiger partial charge on any atom is -0.487 e. The zero-order valence-electron chi connectivity index (χ0n) is 13.8. The molecule has 1 aromatic rings. The summed E-state index contributed by atoms with van der Waals surface area (Å²) < 4.78 is 5.80. The molecular formula is C17H22N4O3. The Morgan fingerprint density at radius 3 is 2.54 bits per heavy atom. The van der Waals surface area contributed by atoms with E-state index in [4.69, 9.17) is 4.74 Å². The normalized spacial score (nSPS) is 25.5. The highest BCUT2D eigenvalue weighted by atomic mass is 16.5. The van der Waals surface area contributed by atoms with Crippen molar-refractivity contribution in [2.24, 2.45) is 5.92 Å². The van der Waals surface area contributed by atoms with Crippen molar-refractivity contribution in [3.8, 4) is 5.75 Å². The number of nitrogens with zero attached hydrogens (tertiary/aromatic N) is 4. The molecule has 7 heteroatoms. The Balaban J connectivity index is 1.26. The summed E-state index contributed by atoms with van der Waals surface area (Å²) in [5.41, 5.74) is 0. The molecule has 0 N–H and O–H groups in total. The van der Waals surface area contributed by atoms with E-state index in [1.54, 1.807) is 17.3 Å². The number of hydrogen-bond acceptors (Lipinski definition) is 5. The molecule has 2 amide bonds. The molecule has 0 saturated carbocycles. The first kappa shape index (κ1) is 15.4. The monoisotopic (exact) mass is 330 g/mol. The van der Waals surface area contributed by atoms with Crippen molar-refractivity contribution in [2.75, 3.05) is 39.8 Å². The number of likely N-dealkylation sites (N-methyl/N-ethyl adjacent to an activating group) is 1. The van der Waals surface area contributed by atoms with Crippen molar-refractivity contribution in [1.82, 2.24) is 19.7 Å². The van der Waals surface area contributed by atoms with Crippen LogP contribution in [0.5, 0.6) is 5.75 Å². The Morgan fingerprint density at radius 2 is 1.88 bits per heavy atom. The molecule has 24 heavy (non-hydrogen) atoms. The van der Waals surface area contributed by atoms with Gasteiger partial charge < -0.3 is 19.4 Å². The summed E-state index contributed by atoms with van der Waals surface area (Å²) in [6, 6.07) is 3.92. The highest BCUT2D eigenvalue weighted by molar-refractivity contribution is 5.90. The molecule has 1 atom stereocenters. The van der Waals surface area contributed by atoms with E-state index in [9.17, 15) is 9.59 Å². The van der Waals surface area contributed by atoms with Gasteiger partial charge in [-0.15, -0.1) is 0 Å².